The van der Waals surface area contributed by atoms with E-state index in [-0.39, 0.29) is 5.78 Å². The molecule has 3 rings (SSSR count). The van der Waals surface area contributed by atoms with Crippen molar-refractivity contribution in [2.24, 2.45) is 5.73 Å². The monoisotopic (exact) mass is 369 g/mol. The number of nitrogens with zero attached hydrogens (tertiary/aromatic N) is 2. The van der Waals surface area contributed by atoms with Gasteiger partial charge >= 0.3 is 0 Å². The topological polar surface area (TPSA) is 97.8 Å². The molecule has 1 aliphatic heterocycles. The van der Waals surface area contributed by atoms with Gasteiger partial charge in [-0.15, -0.1) is 0 Å². The summed E-state index contributed by atoms with van der Waals surface area (Å²) in [6, 6.07) is 5.75. The maximum Gasteiger partial charge on any atom is 0.203 e. The predicted octanol–water partition coefficient (Wildman–Crippen LogP) is 2.44. The summed E-state index contributed by atoms with van der Waals surface area (Å²) in [5.74, 6) is 1.24. The van der Waals surface area contributed by atoms with Crippen LogP contribution in [0.15, 0.2) is 34.8 Å². The Kier molecular flexibility index (Phi) is 5.00. The molecule has 1 aliphatic carbocycles. The quantitative estimate of drug-likeness (QED) is 0.870. The van der Waals surface area contributed by atoms with E-state index in [4.69, 9.17) is 19.9 Å². The van der Waals surface area contributed by atoms with Crippen molar-refractivity contribution in [1.29, 1.82) is 5.26 Å². The lowest BCUT2D eigenvalue weighted by Crippen LogP contribution is -2.36. The van der Waals surface area contributed by atoms with Crippen molar-refractivity contribution in [1.82, 2.24) is 4.90 Å². The van der Waals surface area contributed by atoms with E-state index >= 15 is 0 Å². The molecule has 0 aromatic heterocycles. The average molecular weight is 369 g/mol. The van der Waals surface area contributed by atoms with Gasteiger partial charge in [0.1, 0.15) is 5.82 Å². The van der Waals surface area contributed by atoms with E-state index in [1.54, 1.807) is 24.1 Å². The summed E-state index contributed by atoms with van der Waals surface area (Å²) in [4.78, 5) is 14.6. The normalized spacial score (nSPS) is 19.6. The van der Waals surface area contributed by atoms with Crippen LogP contribution in [0.2, 0.25) is 0 Å². The first-order valence-electron chi connectivity index (χ1n) is 8.68. The van der Waals surface area contributed by atoms with E-state index in [0.717, 1.165) is 18.5 Å². The Bertz CT molecular complexity index is 870. The molecule has 0 fully saturated rings. The van der Waals surface area contributed by atoms with Gasteiger partial charge in [-0.25, -0.2) is 0 Å². The summed E-state index contributed by atoms with van der Waals surface area (Å²) in [6.07, 6.45) is 1.99. The number of hydrogen-bond donors (Lipinski definition) is 1. The highest BCUT2D eigenvalue weighted by molar-refractivity contribution is 5.99. The molecule has 1 aromatic rings. The molecule has 0 unspecified atom stereocenters. The van der Waals surface area contributed by atoms with Gasteiger partial charge in [0, 0.05) is 24.7 Å². The number of allylic oxidation sites excluding steroid dienone is 3. The molecule has 0 spiro atoms. The summed E-state index contributed by atoms with van der Waals surface area (Å²) in [7, 11) is 6.38. The van der Waals surface area contributed by atoms with Gasteiger partial charge in [-0.05, 0) is 30.5 Å². The van der Waals surface area contributed by atoms with Crippen LogP contribution in [0.1, 0.15) is 30.7 Å². The van der Waals surface area contributed by atoms with Gasteiger partial charge in [-0.3, -0.25) is 4.79 Å². The van der Waals surface area contributed by atoms with Crippen LogP contribution in [-0.2, 0) is 4.79 Å². The number of carbonyl (C=O) groups excluding carboxylic acids is 1. The van der Waals surface area contributed by atoms with Gasteiger partial charge < -0.3 is 24.8 Å². The summed E-state index contributed by atoms with van der Waals surface area (Å²) < 4.78 is 16.3. The number of rotatable bonds is 4. The van der Waals surface area contributed by atoms with Gasteiger partial charge in [0.25, 0.3) is 0 Å². The fourth-order valence-electron chi connectivity index (χ4n) is 3.86. The van der Waals surface area contributed by atoms with Crippen molar-refractivity contribution in [3.05, 3.63) is 40.4 Å². The third-order valence-corrected chi connectivity index (χ3v) is 5.19. The highest BCUT2D eigenvalue weighted by Crippen LogP contribution is 2.48. The Morgan fingerprint density at radius 2 is 1.78 bits per heavy atom. The van der Waals surface area contributed by atoms with Crippen LogP contribution in [0.25, 0.3) is 0 Å². The van der Waals surface area contributed by atoms with E-state index in [1.807, 2.05) is 0 Å². The lowest BCUT2D eigenvalue weighted by molar-refractivity contribution is -0.116. The Labute approximate surface area is 158 Å². The zero-order valence-electron chi connectivity index (χ0n) is 16.0. The number of nitriles is 1. The zero-order chi connectivity index (χ0) is 19.7. The zero-order valence-corrected chi connectivity index (χ0v) is 16.0. The third kappa shape index (κ3) is 2.87. The van der Waals surface area contributed by atoms with Crippen molar-refractivity contribution >= 4 is 5.78 Å². The van der Waals surface area contributed by atoms with Crippen molar-refractivity contribution in [2.45, 2.75) is 25.2 Å². The minimum Gasteiger partial charge on any atom is -0.493 e. The molecule has 1 aromatic carbocycles. The molecule has 1 atom stereocenters. The number of ketones is 1. The maximum atomic E-state index is 12.8. The SMILES string of the molecule is COc1cc([C@@H]2C(C#N)=C(N)N(C)C3=C2C(=O)CCC3)cc(OC)c1OC. The molecule has 7 nitrogen and oxygen atoms in total. The average Bonchev–Trinajstić information content (AvgIpc) is 2.69. The van der Waals surface area contributed by atoms with Crippen LogP contribution in [0.5, 0.6) is 17.2 Å². The van der Waals surface area contributed by atoms with Crippen LogP contribution >= 0.6 is 0 Å². The molecule has 2 aliphatic rings. The molecule has 2 N–H and O–H groups in total. The van der Waals surface area contributed by atoms with E-state index < -0.39 is 5.92 Å². The molecule has 27 heavy (non-hydrogen) atoms. The Hall–Kier alpha value is -3.14. The van der Waals surface area contributed by atoms with Crippen molar-refractivity contribution < 1.29 is 19.0 Å². The number of carbonyl (C=O) groups is 1. The number of benzene rings is 1. The van der Waals surface area contributed by atoms with Crippen molar-refractivity contribution in [2.75, 3.05) is 28.4 Å². The molecule has 142 valence electrons. The van der Waals surface area contributed by atoms with E-state index in [1.165, 1.54) is 21.3 Å². The fourth-order valence-corrected chi connectivity index (χ4v) is 3.86. The molecule has 0 amide bonds. The van der Waals surface area contributed by atoms with Gasteiger partial charge in [0.05, 0.1) is 38.9 Å². The number of ether oxygens (including phenoxy) is 3. The van der Waals surface area contributed by atoms with Crippen LogP contribution in [0, 0.1) is 11.3 Å². The Balaban J connectivity index is 2.28. The Morgan fingerprint density at radius 1 is 1.15 bits per heavy atom. The van der Waals surface area contributed by atoms with E-state index in [9.17, 15) is 10.1 Å². The van der Waals surface area contributed by atoms with Crippen LogP contribution in [-0.4, -0.2) is 39.1 Å². The summed E-state index contributed by atoms with van der Waals surface area (Å²) >= 11 is 0. The molecule has 0 saturated carbocycles. The van der Waals surface area contributed by atoms with Crippen molar-refractivity contribution in [3.8, 4) is 23.3 Å². The number of Topliss-reactive ketones (excluding diaryl/α,β-unsaturated/α-hetero) is 1. The van der Waals surface area contributed by atoms with E-state index in [0.29, 0.717) is 46.2 Å². The molecule has 7 heteroatoms. The van der Waals surface area contributed by atoms with Gasteiger partial charge in [-0.1, -0.05) is 0 Å². The largest absolute Gasteiger partial charge is 0.493 e. The first-order valence-corrected chi connectivity index (χ1v) is 8.68. The molecule has 1 heterocycles. The first-order chi connectivity index (χ1) is 13.0. The second kappa shape index (κ2) is 7.23. The summed E-state index contributed by atoms with van der Waals surface area (Å²) in [6.45, 7) is 0. The second-order valence-corrected chi connectivity index (χ2v) is 6.50. The molecular formula is C20H23N3O4. The molecule has 0 bridgehead atoms. The lowest BCUT2D eigenvalue weighted by atomic mass is 9.75. The van der Waals surface area contributed by atoms with Gasteiger partial charge in [0.2, 0.25) is 5.75 Å². The van der Waals surface area contributed by atoms with Crippen LogP contribution < -0.4 is 19.9 Å². The molecule has 0 radical (unpaired) electrons. The standard InChI is InChI=1S/C20H23N3O4/c1-23-13-6-5-7-14(24)18(13)17(12(10-21)20(23)22)11-8-15(25-2)19(27-4)16(9-11)26-3/h8-9,17H,5-7,22H2,1-4H3/t17-/m1/s1. The number of nitrogens with two attached hydrogens (primary N) is 1. The van der Waals surface area contributed by atoms with E-state index in [2.05, 4.69) is 6.07 Å². The highest BCUT2D eigenvalue weighted by Gasteiger charge is 2.39. The lowest BCUT2D eigenvalue weighted by Gasteiger charge is -2.37. The maximum absolute atomic E-state index is 12.8. The number of hydrogen-bond acceptors (Lipinski definition) is 7. The van der Waals surface area contributed by atoms with Crippen LogP contribution in [0.4, 0.5) is 0 Å². The summed E-state index contributed by atoms with van der Waals surface area (Å²) in [5.41, 5.74) is 8.82. The minimum atomic E-state index is -0.553. The minimum absolute atomic E-state index is 0.0436. The summed E-state index contributed by atoms with van der Waals surface area (Å²) in [5, 5.41) is 9.81. The van der Waals surface area contributed by atoms with Gasteiger partial charge in [-0.2, -0.15) is 5.26 Å². The predicted molar refractivity (Wildman–Crippen MR) is 99.3 cm³/mol. The Morgan fingerprint density at radius 3 is 2.30 bits per heavy atom. The van der Waals surface area contributed by atoms with Crippen molar-refractivity contribution in [3.63, 3.8) is 0 Å². The highest BCUT2D eigenvalue weighted by atomic mass is 16.5. The fraction of sp³-hybridized carbons (Fsp3) is 0.400. The van der Waals surface area contributed by atoms with Gasteiger partial charge in [0.15, 0.2) is 17.3 Å². The van der Waals surface area contributed by atoms with Crippen LogP contribution in [0.3, 0.4) is 0 Å². The third-order valence-electron chi connectivity index (χ3n) is 5.19. The first kappa shape index (κ1) is 18.6. The molecular weight excluding hydrogens is 346 g/mol. The molecule has 0 saturated heterocycles. The second-order valence-electron chi connectivity index (χ2n) is 6.50. The number of methoxy groups -OCH3 is 3. The smallest absolute Gasteiger partial charge is 0.203 e.